The molecule has 16 heavy (non-hydrogen) atoms. The highest BCUT2D eigenvalue weighted by Crippen LogP contribution is 2.18. The van der Waals surface area contributed by atoms with Gasteiger partial charge in [-0.25, -0.2) is 0 Å². The summed E-state index contributed by atoms with van der Waals surface area (Å²) in [6.45, 7) is 15.0. The van der Waals surface area contributed by atoms with Gasteiger partial charge in [-0.1, -0.05) is 41.5 Å². The monoisotopic (exact) mass is 224 g/mol. The van der Waals surface area contributed by atoms with Crippen LogP contribution in [0.3, 0.4) is 0 Å². The summed E-state index contributed by atoms with van der Waals surface area (Å²) >= 11 is 0. The van der Waals surface area contributed by atoms with Crippen LogP contribution in [0.2, 0.25) is 0 Å². The molecule has 0 aromatic heterocycles. The van der Waals surface area contributed by atoms with Crippen molar-refractivity contribution in [2.24, 2.45) is 10.8 Å². The Morgan fingerprint density at radius 3 is 1.94 bits per heavy atom. The zero-order chi connectivity index (χ0) is 12.7. The molecule has 0 aliphatic carbocycles. The third-order valence-corrected chi connectivity index (χ3v) is 2.11. The molecular formula is C15H28O. The summed E-state index contributed by atoms with van der Waals surface area (Å²) in [5.41, 5.74) is 0.692. The first-order chi connectivity index (χ1) is 7.21. The fourth-order valence-electron chi connectivity index (χ4n) is 1.02. The fraction of sp³-hybridized carbons (Fsp3) is 0.867. The average Bonchev–Trinajstić information content (AvgIpc) is 2.06. The molecule has 0 aromatic carbocycles. The average molecular weight is 224 g/mol. The molecule has 0 fully saturated rings. The summed E-state index contributed by atoms with van der Waals surface area (Å²) < 4.78 is 5.54. The lowest BCUT2D eigenvalue weighted by molar-refractivity contribution is 0.113. The smallest absolute Gasteiger partial charge is 0.0575 e. The Labute approximate surface area is 102 Å². The maximum absolute atomic E-state index is 5.54. The van der Waals surface area contributed by atoms with E-state index in [9.17, 15) is 0 Å². The van der Waals surface area contributed by atoms with Crippen molar-refractivity contribution >= 4 is 0 Å². The minimum atomic E-state index is 0.320. The standard InChI is InChI=1S/C15H28O/c1-14(2,3)10-8-7-9-12-16-13-11-15(4,5)6/h9-13H2,1-6H3. The molecule has 0 heterocycles. The van der Waals surface area contributed by atoms with Gasteiger partial charge in [-0.05, 0) is 17.3 Å². The molecule has 0 amide bonds. The van der Waals surface area contributed by atoms with E-state index in [4.69, 9.17) is 4.74 Å². The second-order valence-corrected chi connectivity index (χ2v) is 6.76. The van der Waals surface area contributed by atoms with Crippen molar-refractivity contribution in [2.45, 2.75) is 60.8 Å². The molecule has 94 valence electrons. The summed E-state index contributed by atoms with van der Waals surface area (Å²) in [6, 6.07) is 0. The van der Waals surface area contributed by atoms with Crippen molar-refractivity contribution in [1.29, 1.82) is 0 Å². The van der Waals surface area contributed by atoms with Crippen LogP contribution in [0, 0.1) is 22.7 Å². The van der Waals surface area contributed by atoms with Crippen LogP contribution in [-0.2, 0) is 4.74 Å². The Kier molecular flexibility index (Phi) is 6.76. The SMILES string of the molecule is CC(C)(C)CC#CCCOCCC(C)(C)C. The fourth-order valence-corrected chi connectivity index (χ4v) is 1.02. The molecular weight excluding hydrogens is 196 g/mol. The van der Waals surface area contributed by atoms with Crippen LogP contribution >= 0.6 is 0 Å². The second-order valence-electron chi connectivity index (χ2n) is 6.76. The van der Waals surface area contributed by atoms with Gasteiger partial charge in [0.25, 0.3) is 0 Å². The molecule has 0 bridgehead atoms. The van der Waals surface area contributed by atoms with Crippen LogP contribution < -0.4 is 0 Å². The Balaban J connectivity index is 3.41. The predicted molar refractivity (Wildman–Crippen MR) is 71.4 cm³/mol. The first kappa shape index (κ1) is 15.5. The van der Waals surface area contributed by atoms with Crippen LogP contribution in [0.5, 0.6) is 0 Å². The Morgan fingerprint density at radius 1 is 0.812 bits per heavy atom. The van der Waals surface area contributed by atoms with Gasteiger partial charge in [-0.3, -0.25) is 0 Å². The third-order valence-electron chi connectivity index (χ3n) is 2.11. The lowest BCUT2D eigenvalue weighted by Crippen LogP contribution is -2.09. The second kappa shape index (κ2) is 6.97. The van der Waals surface area contributed by atoms with Gasteiger partial charge in [0.05, 0.1) is 6.61 Å². The van der Waals surface area contributed by atoms with Crippen molar-refractivity contribution in [3.63, 3.8) is 0 Å². The molecule has 0 radical (unpaired) electrons. The van der Waals surface area contributed by atoms with E-state index >= 15 is 0 Å². The summed E-state index contributed by atoms with van der Waals surface area (Å²) in [6.07, 6.45) is 2.94. The van der Waals surface area contributed by atoms with Crippen molar-refractivity contribution in [1.82, 2.24) is 0 Å². The molecule has 0 spiro atoms. The normalized spacial score (nSPS) is 12.1. The maximum Gasteiger partial charge on any atom is 0.0575 e. The maximum atomic E-state index is 5.54. The highest BCUT2D eigenvalue weighted by atomic mass is 16.5. The molecule has 1 nitrogen and oxygen atoms in total. The molecule has 0 aliphatic heterocycles. The van der Waals surface area contributed by atoms with Crippen LogP contribution in [0.4, 0.5) is 0 Å². The predicted octanol–water partition coefficient (Wildman–Crippen LogP) is 4.27. The molecule has 0 saturated carbocycles. The molecule has 0 saturated heterocycles. The summed E-state index contributed by atoms with van der Waals surface area (Å²) in [4.78, 5) is 0. The van der Waals surface area contributed by atoms with Gasteiger partial charge in [0, 0.05) is 19.4 Å². The van der Waals surface area contributed by atoms with E-state index in [0.29, 0.717) is 10.8 Å². The zero-order valence-electron chi connectivity index (χ0n) is 11.9. The van der Waals surface area contributed by atoms with Gasteiger partial charge in [-0.15, -0.1) is 11.8 Å². The highest BCUT2D eigenvalue weighted by Gasteiger charge is 2.08. The Hall–Kier alpha value is -0.480. The summed E-state index contributed by atoms with van der Waals surface area (Å²) in [7, 11) is 0. The summed E-state index contributed by atoms with van der Waals surface area (Å²) in [5, 5.41) is 0. The van der Waals surface area contributed by atoms with E-state index in [1.54, 1.807) is 0 Å². The van der Waals surface area contributed by atoms with Gasteiger partial charge >= 0.3 is 0 Å². The molecule has 0 aliphatic rings. The van der Waals surface area contributed by atoms with Gasteiger partial charge in [0.2, 0.25) is 0 Å². The number of ether oxygens (including phenoxy) is 1. The largest absolute Gasteiger partial charge is 0.380 e. The number of rotatable bonds is 4. The molecule has 0 aromatic rings. The Bertz CT molecular complexity index is 229. The first-order valence-corrected chi connectivity index (χ1v) is 6.24. The van der Waals surface area contributed by atoms with Gasteiger partial charge < -0.3 is 4.74 Å². The van der Waals surface area contributed by atoms with Gasteiger partial charge in [-0.2, -0.15) is 0 Å². The van der Waals surface area contributed by atoms with Crippen molar-refractivity contribution < 1.29 is 4.74 Å². The van der Waals surface area contributed by atoms with Crippen LogP contribution in [0.25, 0.3) is 0 Å². The van der Waals surface area contributed by atoms with Crippen molar-refractivity contribution in [3.8, 4) is 11.8 Å². The lowest BCUT2D eigenvalue weighted by atomic mass is 9.93. The van der Waals surface area contributed by atoms with Crippen LogP contribution in [0.1, 0.15) is 60.8 Å². The Morgan fingerprint density at radius 2 is 1.44 bits per heavy atom. The van der Waals surface area contributed by atoms with Crippen molar-refractivity contribution in [2.75, 3.05) is 13.2 Å². The van der Waals surface area contributed by atoms with E-state index in [-0.39, 0.29) is 0 Å². The van der Waals surface area contributed by atoms with E-state index in [2.05, 4.69) is 53.4 Å². The molecule has 0 rings (SSSR count). The van der Waals surface area contributed by atoms with Crippen molar-refractivity contribution in [3.05, 3.63) is 0 Å². The highest BCUT2D eigenvalue weighted by molar-refractivity contribution is 5.01. The number of hydrogen-bond acceptors (Lipinski definition) is 1. The van der Waals surface area contributed by atoms with Gasteiger partial charge in [0.15, 0.2) is 0 Å². The van der Waals surface area contributed by atoms with Crippen LogP contribution in [-0.4, -0.2) is 13.2 Å². The minimum Gasteiger partial charge on any atom is -0.380 e. The zero-order valence-corrected chi connectivity index (χ0v) is 11.9. The minimum absolute atomic E-state index is 0.320. The van der Waals surface area contributed by atoms with E-state index in [1.807, 2.05) is 0 Å². The lowest BCUT2D eigenvalue weighted by Gasteiger charge is -2.17. The van der Waals surface area contributed by atoms with Crippen LogP contribution in [0.15, 0.2) is 0 Å². The summed E-state index contributed by atoms with van der Waals surface area (Å²) in [5.74, 6) is 6.37. The quantitative estimate of drug-likeness (QED) is 0.512. The topological polar surface area (TPSA) is 9.23 Å². The van der Waals surface area contributed by atoms with E-state index in [0.717, 1.165) is 32.5 Å². The third kappa shape index (κ3) is 13.5. The molecule has 0 unspecified atom stereocenters. The van der Waals surface area contributed by atoms with E-state index in [1.165, 1.54) is 0 Å². The van der Waals surface area contributed by atoms with E-state index < -0.39 is 0 Å². The molecule has 1 heteroatoms. The first-order valence-electron chi connectivity index (χ1n) is 6.24. The van der Waals surface area contributed by atoms with Gasteiger partial charge in [0.1, 0.15) is 0 Å². The molecule has 0 N–H and O–H groups in total. The molecule has 0 atom stereocenters. The number of hydrogen-bond donors (Lipinski definition) is 0.